The van der Waals surface area contributed by atoms with Crippen LogP contribution in [0.3, 0.4) is 0 Å². The SMILES string of the molecule is Cc1nn(-c2ccccc2)c2nc(Cl)c(/C=C/C(=O)Cc3ccc(Br)cc3)c(-c3ccc(Cl)cc3)c12. The number of fused-ring (bicyclic) bond motifs is 1. The lowest BCUT2D eigenvalue weighted by Crippen LogP contribution is -2.00. The van der Waals surface area contributed by atoms with Crippen molar-refractivity contribution in [3.8, 4) is 16.8 Å². The second-order valence-corrected chi connectivity index (χ2v) is 10.0. The number of allylic oxidation sites excluding steroid dienone is 1. The molecular weight excluding hydrogens is 557 g/mol. The highest BCUT2D eigenvalue weighted by atomic mass is 79.9. The molecule has 0 radical (unpaired) electrons. The van der Waals surface area contributed by atoms with Crippen molar-refractivity contribution in [3.05, 3.63) is 116 Å². The maximum absolute atomic E-state index is 12.8. The molecule has 2 heterocycles. The molecule has 7 heteroatoms. The number of carbonyl (C=O) groups excluding carboxylic acids is 1. The zero-order chi connectivity index (χ0) is 25.2. The first kappa shape index (κ1) is 24.4. The molecule has 5 rings (SSSR count). The average molecular weight is 577 g/mol. The van der Waals surface area contributed by atoms with Gasteiger partial charge in [-0.2, -0.15) is 5.10 Å². The monoisotopic (exact) mass is 575 g/mol. The molecule has 0 atom stereocenters. The van der Waals surface area contributed by atoms with E-state index in [1.54, 1.807) is 16.8 Å². The molecular formula is C29H20BrCl2N3O. The van der Waals surface area contributed by atoms with Crippen LogP contribution in [-0.4, -0.2) is 20.5 Å². The first-order valence-electron chi connectivity index (χ1n) is 11.3. The molecule has 0 saturated carbocycles. The molecule has 0 bridgehead atoms. The number of ketones is 1. The highest BCUT2D eigenvalue weighted by Gasteiger charge is 2.21. The number of hydrogen-bond acceptors (Lipinski definition) is 3. The highest BCUT2D eigenvalue weighted by molar-refractivity contribution is 9.10. The topological polar surface area (TPSA) is 47.8 Å². The van der Waals surface area contributed by atoms with E-state index in [1.807, 2.05) is 85.8 Å². The van der Waals surface area contributed by atoms with Crippen LogP contribution in [-0.2, 0) is 11.2 Å². The number of rotatable bonds is 6. The highest BCUT2D eigenvalue weighted by Crippen LogP contribution is 2.38. The smallest absolute Gasteiger partial charge is 0.165 e. The second-order valence-electron chi connectivity index (χ2n) is 8.33. The quantitative estimate of drug-likeness (QED) is 0.151. The van der Waals surface area contributed by atoms with E-state index in [9.17, 15) is 4.79 Å². The number of benzene rings is 3. The Labute approximate surface area is 227 Å². The summed E-state index contributed by atoms with van der Waals surface area (Å²) in [6.45, 7) is 1.95. The molecule has 0 saturated heterocycles. The summed E-state index contributed by atoms with van der Waals surface area (Å²) in [7, 11) is 0. The molecule has 2 aromatic heterocycles. The summed E-state index contributed by atoms with van der Waals surface area (Å²) < 4.78 is 2.77. The maximum Gasteiger partial charge on any atom is 0.165 e. The van der Waals surface area contributed by atoms with Crippen LogP contribution in [0.1, 0.15) is 16.8 Å². The van der Waals surface area contributed by atoms with E-state index in [0.717, 1.165) is 37.9 Å². The number of halogens is 3. The van der Waals surface area contributed by atoms with Gasteiger partial charge in [-0.25, -0.2) is 9.67 Å². The predicted molar refractivity (Wildman–Crippen MR) is 151 cm³/mol. The van der Waals surface area contributed by atoms with Gasteiger partial charge in [-0.15, -0.1) is 0 Å². The Bertz CT molecular complexity index is 1590. The minimum Gasteiger partial charge on any atom is -0.294 e. The zero-order valence-corrected chi connectivity index (χ0v) is 22.3. The van der Waals surface area contributed by atoms with Crippen molar-refractivity contribution in [3.63, 3.8) is 0 Å². The fraction of sp³-hybridized carbons (Fsp3) is 0.0690. The third kappa shape index (κ3) is 5.00. The minimum atomic E-state index is -0.0350. The summed E-state index contributed by atoms with van der Waals surface area (Å²) in [5.41, 5.74) is 5.69. The van der Waals surface area contributed by atoms with Crippen molar-refractivity contribution in [1.82, 2.24) is 14.8 Å². The summed E-state index contributed by atoms with van der Waals surface area (Å²) in [4.78, 5) is 17.5. The van der Waals surface area contributed by atoms with E-state index in [-0.39, 0.29) is 17.4 Å². The number of aryl methyl sites for hydroxylation is 1. The van der Waals surface area contributed by atoms with Crippen LogP contribution in [0.4, 0.5) is 0 Å². The van der Waals surface area contributed by atoms with Crippen molar-refractivity contribution < 1.29 is 4.79 Å². The summed E-state index contributed by atoms with van der Waals surface area (Å²) in [5, 5.41) is 6.57. The number of aromatic nitrogens is 3. The van der Waals surface area contributed by atoms with E-state index in [4.69, 9.17) is 33.3 Å². The van der Waals surface area contributed by atoms with Gasteiger partial charge in [0.2, 0.25) is 0 Å². The fourth-order valence-electron chi connectivity index (χ4n) is 4.16. The molecule has 0 unspecified atom stereocenters. The standard InChI is InChI=1S/C29H20BrCl2N3O/c1-18-26-27(20-9-13-22(31)14-10-20)25(16-15-24(36)17-19-7-11-21(30)12-8-19)28(32)33-29(26)35(34-18)23-5-3-2-4-6-23/h2-16H,17H2,1H3/b16-15+. The van der Waals surface area contributed by atoms with Crippen LogP contribution in [0.5, 0.6) is 0 Å². The largest absolute Gasteiger partial charge is 0.294 e. The second kappa shape index (κ2) is 10.4. The Morgan fingerprint density at radius 3 is 2.36 bits per heavy atom. The van der Waals surface area contributed by atoms with Gasteiger partial charge in [0.25, 0.3) is 0 Å². The van der Waals surface area contributed by atoms with Gasteiger partial charge in [-0.05, 0) is 66.6 Å². The zero-order valence-electron chi connectivity index (χ0n) is 19.3. The molecule has 3 aromatic carbocycles. The van der Waals surface area contributed by atoms with E-state index >= 15 is 0 Å². The molecule has 0 N–H and O–H groups in total. The van der Waals surface area contributed by atoms with E-state index in [1.165, 1.54) is 0 Å². The first-order valence-corrected chi connectivity index (χ1v) is 12.8. The van der Waals surface area contributed by atoms with Crippen LogP contribution in [0, 0.1) is 6.92 Å². The molecule has 0 fully saturated rings. The number of carbonyl (C=O) groups is 1. The molecule has 4 nitrogen and oxygen atoms in total. The van der Waals surface area contributed by atoms with Gasteiger partial charge in [0, 0.05) is 27.0 Å². The fourth-order valence-corrected chi connectivity index (χ4v) is 4.79. The molecule has 0 aliphatic rings. The summed E-state index contributed by atoms with van der Waals surface area (Å²) >= 11 is 16.4. The van der Waals surface area contributed by atoms with Crippen LogP contribution in [0.2, 0.25) is 10.2 Å². The van der Waals surface area contributed by atoms with Crippen molar-refractivity contribution in [2.24, 2.45) is 0 Å². The number of nitrogens with zero attached hydrogens (tertiary/aromatic N) is 3. The summed E-state index contributed by atoms with van der Waals surface area (Å²) in [5.74, 6) is -0.0350. The molecule has 0 aliphatic heterocycles. The maximum atomic E-state index is 12.8. The normalized spacial score (nSPS) is 11.4. The summed E-state index contributed by atoms with van der Waals surface area (Å²) in [6.07, 6.45) is 3.60. The van der Waals surface area contributed by atoms with Crippen molar-refractivity contribution in [2.75, 3.05) is 0 Å². The van der Waals surface area contributed by atoms with E-state index in [2.05, 4.69) is 15.9 Å². The third-order valence-electron chi connectivity index (χ3n) is 5.84. The van der Waals surface area contributed by atoms with E-state index in [0.29, 0.717) is 16.2 Å². The Morgan fingerprint density at radius 2 is 1.67 bits per heavy atom. The predicted octanol–water partition coefficient (Wildman–Crippen LogP) is 8.29. The lowest BCUT2D eigenvalue weighted by Gasteiger charge is -2.12. The number of para-hydroxylation sites is 1. The molecule has 0 amide bonds. The third-order valence-corrected chi connectivity index (χ3v) is 6.91. The van der Waals surface area contributed by atoms with Gasteiger partial charge < -0.3 is 0 Å². The number of hydrogen-bond donors (Lipinski definition) is 0. The lowest BCUT2D eigenvalue weighted by atomic mass is 9.96. The first-order chi connectivity index (χ1) is 17.4. The van der Waals surface area contributed by atoms with Gasteiger partial charge >= 0.3 is 0 Å². The average Bonchev–Trinajstić information content (AvgIpc) is 3.20. The Hall–Kier alpha value is -3.25. The summed E-state index contributed by atoms with van der Waals surface area (Å²) in [6, 6.07) is 25.0. The van der Waals surface area contributed by atoms with Crippen molar-refractivity contribution in [1.29, 1.82) is 0 Å². The van der Waals surface area contributed by atoms with Crippen molar-refractivity contribution >= 4 is 62.0 Å². The van der Waals surface area contributed by atoms with Gasteiger partial charge in [0.1, 0.15) is 5.15 Å². The molecule has 178 valence electrons. The molecule has 36 heavy (non-hydrogen) atoms. The lowest BCUT2D eigenvalue weighted by molar-refractivity contribution is -0.113. The molecule has 0 spiro atoms. The Balaban J connectivity index is 1.65. The minimum absolute atomic E-state index is 0.0350. The van der Waals surface area contributed by atoms with Gasteiger partial charge in [-0.3, -0.25) is 4.79 Å². The van der Waals surface area contributed by atoms with Gasteiger partial charge in [-0.1, -0.05) is 81.6 Å². The van der Waals surface area contributed by atoms with Crippen LogP contribution >= 0.6 is 39.1 Å². The molecule has 0 aliphatic carbocycles. The van der Waals surface area contributed by atoms with E-state index < -0.39 is 0 Å². The Morgan fingerprint density at radius 1 is 0.972 bits per heavy atom. The Kier molecular flexibility index (Phi) is 7.06. The van der Waals surface area contributed by atoms with Crippen LogP contribution in [0.15, 0.2) is 89.4 Å². The van der Waals surface area contributed by atoms with Gasteiger partial charge in [0.15, 0.2) is 11.4 Å². The van der Waals surface area contributed by atoms with Crippen LogP contribution < -0.4 is 0 Å². The van der Waals surface area contributed by atoms with Gasteiger partial charge in [0.05, 0.1) is 16.8 Å². The van der Waals surface area contributed by atoms with Crippen LogP contribution in [0.25, 0.3) is 33.9 Å². The molecule has 5 aromatic rings. The number of pyridine rings is 1. The van der Waals surface area contributed by atoms with Crippen molar-refractivity contribution in [2.45, 2.75) is 13.3 Å².